The maximum Gasteiger partial charge on any atom is 0.126 e. The molecule has 1 aliphatic heterocycles. The Labute approximate surface area is 127 Å². The molecule has 112 valence electrons. The monoisotopic (exact) mass is 283 g/mol. The number of nitrogens with zero attached hydrogens (tertiary/aromatic N) is 1. The van der Waals surface area contributed by atoms with Gasteiger partial charge < -0.3 is 4.74 Å². The van der Waals surface area contributed by atoms with Crippen molar-refractivity contribution < 1.29 is 4.74 Å². The molecule has 1 fully saturated rings. The fourth-order valence-corrected chi connectivity index (χ4v) is 3.60. The summed E-state index contributed by atoms with van der Waals surface area (Å²) in [4.78, 5) is 2.66. The molecule has 0 spiro atoms. The molecule has 2 heteroatoms. The maximum atomic E-state index is 5.50. The van der Waals surface area contributed by atoms with Crippen LogP contribution in [0.15, 0.2) is 36.4 Å². The number of likely N-dealkylation sites (tertiary alicyclic amines) is 1. The van der Waals surface area contributed by atoms with Crippen LogP contribution in [0.2, 0.25) is 0 Å². The van der Waals surface area contributed by atoms with Crippen molar-refractivity contribution in [2.45, 2.75) is 45.2 Å². The predicted molar refractivity (Wildman–Crippen MR) is 88.8 cm³/mol. The minimum absolute atomic E-state index is 0.750. The molecule has 0 amide bonds. The van der Waals surface area contributed by atoms with Gasteiger partial charge in [-0.05, 0) is 42.8 Å². The number of piperidine rings is 1. The van der Waals surface area contributed by atoms with E-state index in [4.69, 9.17) is 4.74 Å². The van der Waals surface area contributed by atoms with Crippen molar-refractivity contribution in [2.24, 2.45) is 0 Å². The first-order chi connectivity index (χ1) is 10.3. The molecule has 1 aliphatic rings. The fraction of sp³-hybridized carbons (Fsp3) is 0.474. The number of methoxy groups -OCH3 is 1. The lowest BCUT2D eigenvalue weighted by Gasteiger charge is -2.35. The highest BCUT2D eigenvalue weighted by Gasteiger charge is 2.21. The molecule has 0 bridgehead atoms. The van der Waals surface area contributed by atoms with Crippen LogP contribution in [0.5, 0.6) is 5.75 Å². The Morgan fingerprint density at radius 3 is 2.67 bits per heavy atom. The van der Waals surface area contributed by atoms with E-state index in [0.29, 0.717) is 0 Å². The molecule has 21 heavy (non-hydrogen) atoms. The molecule has 1 heterocycles. The van der Waals surface area contributed by atoms with E-state index in [-0.39, 0.29) is 0 Å². The molecule has 0 saturated carbocycles. The SMILES string of the molecule is CC[C@H]1CCCCN1Cc1ccc(OC)c2ccccc12. The van der Waals surface area contributed by atoms with Crippen molar-refractivity contribution in [2.75, 3.05) is 13.7 Å². The van der Waals surface area contributed by atoms with Crippen LogP contribution in [0.3, 0.4) is 0 Å². The molecule has 3 rings (SSSR count). The minimum atomic E-state index is 0.750. The zero-order valence-corrected chi connectivity index (χ0v) is 13.1. The average Bonchev–Trinajstić information content (AvgIpc) is 2.55. The Bertz CT molecular complexity index is 608. The number of rotatable bonds is 4. The number of benzene rings is 2. The van der Waals surface area contributed by atoms with Crippen molar-refractivity contribution in [3.05, 3.63) is 42.0 Å². The van der Waals surface area contributed by atoms with Gasteiger partial charge in [-0.1, -0.05) is 43.7 Å². The second kappa shape index (κ2) is 6.48. The van der Waals surface area contributed by atoms with Gasteiger partial charge in [-0.3, -0.25) is 4.90 Å². The van der Waals surface area contributed by atoms with Gasteiger partial charge in [0, 0.05) is 18.0 Å². The number of ether oxygens (including phenoxy) is 1. The summed E-state index contributed by atoms with van der Waals surface area (Å²) in [7, 11) is 1.75. The Morgan fingerprint density at radius 2 is 1.90 bits per heavy atom. The topological polar surface area (TPSA) is 12.5 Å². The zero-order chi connectivity index (χ0) is 14.7. The van der Waals surface area contributed by atoms with Gasteiger partial charge >= 0.3 is 0 Å². The highest BCUT2D eigenvalue weighted by atomic mass is 16.5. The van der Waals surface area contributed by atoms with Gasteiger partial charge in [-0.25, -0.2) is 0 Å². The van der Waals surface area contributed by atoms with E-state index in [9.17, 15) is 0 Å². The van der Waals surface area contributed by atoms with E-state index in [1.807, 2.05) is 0 Å². The van der Waals surface area contributed by atoms with Gasteiger partial charge in [-0.15, -0.1) is 0 Å². The standard InChI is InChI=1S/C19H25NO/c1-3-16-8-6-7-13-20(16)14-15-11-12-19(21-2)18-10-5-4-9-17(15)18/h4-5,9-12,16H,3,6-8,13-14H2,1-2H3/t16-/m0/s1. The summed E-state index contributed by atoms with van der Waals surface area (Å²) in [5.74, 6) is 0.972. The third kappa shape index (κ3) is 2.91. The lowest BCUT2D eigenvalue weighted by molar-refractivity contribution is 0.136. The number of hydrogen-bond donors (Lipinski definition) is 0. The first-order valence-electron chi connectivity index (χ1n) is 8.12. The highest BCUT2D eigenvalue weighted by Crippen LogP contribution is 2.30. The van der Waals surface area contributed by atoms with Crippen molar-refractivity contribution >= 4 is 10.8 Å². The molecule has 1 saturated heterocycles. The van der Waals surface area contributed by atoms with Crippen LogP contribution in [-0.2, 0) is 6.54 Å². The van der Waals surface area contributed by atoms with Crippen molar-refractivity contribution in [3.63, 3.8) is 0 Å². The smallest absolute Gasteiger partial charge is 0.126 e. The zero-order valence-electron chi connectivity index (χ0n) is 13.1. The molecule has 0 radical (unpaired) electrons. The lowest BCUT2D eigenvalue weighted by Crippen LogP contribution is -2.38. The van der Waals surface area contributed by atoms with Crippen molar-refractivity contribution in [1.82, 2.24) is 4.90 Å². The van der Waals surface area contributed by atoms with Crippen LogP contribution < -0.4 is 4.74 Å². The molecular formula is C19H25NO. The van der Waals surface area contributed by atoms with Crippen molar-refractivity contribution in [1.29, 1.82) is 0 Å². The molecule has 0 aliphatic carbocycles. The molecule has 1 atom stereocenters. The van der Waals surface area contributed by atoms with Crippen LogP contribution in [-0.4, -0.2) is 24.6 Å². The Morgan fingerprint density at radius 1 is 1.10 bits per heavy atom. The average molecular weight is 283 g/mol. The molecule has 0 aromatic heterocycles. The van der Waals surface area contributed by atoms with Gasteiger partial charge in [-0.2, -0.15) is 0 Å². The third-order valence-electron chi connectivity index (χ3n) is 4.79. The Balaban J connectivity index is 1.93. The summed E-state index contributed by atoms with van der Waals surface area (Å²) >= 11 is 0. The van der Waals surface area contributed by atoms with E-state index in [2.05, 4.69) is 48.2 Å². The largest absolute Gasteiger partial charge is 0.496 e. The third-order valence-corrected chi connectivity index (χ3v) is 4.79. The van der Waals surface area contributed by atoms with Gasteiger partial charge in [0.2, 0.25) is 0 Å². The quantitative estimate of drug-likeness (QED) is 0.812. The summed E-state index contributed by atoms with van der Waals surface area (Å²) in [6.45, 7) is 4.61. The second-order valence-corrected chi connectivity index (χ2v) is 6.00. The van der Waals surface area contributed by atoms with E-state index in [0.717, 1.165) is 18.3 Å². The van der Waals surface area contributed by atoms with Gasteiger partial charge in [0.05, 0.1) is 7.11 Å². The van der Waals surface area contributed by atoms with Crippen LogP contribution in [0.1, 0.15) is 38.2 Å². The summed E-state index contributed by atoms with van der Waals surface area (Å²) < 4.78 is 5.50. The van der Waals surface area contributed by atoms with Gasteiger partial charge in [0.15, 0.2) is 0 Å². The van der Waals surface area contributed by atoms with Crippen LogP contribution in [0, 0.1) is 0 Å². The lowest BCUT2D eigenvalue weighted by atomic mass is 9.97. The summed E-state index contributed by atoms with van der Waals surface area (Å²) in [5.41, 5.74) is 1.42. The van der Waals surface area contributed by atoms with Crippen LogP contribution >= 0.6 is 0 Å². The van der Waals surface area contributed by atoms with E-state index < -0.39 is 0 Å². The number of hydrogen-bond acceptors (Lipinski definition) is 2. The summed E-state index contributed by atoms with van der Waals surface area (Å²) in [5, 5.41) is 2.56. The fourth-order valence-electron chi connectivity index (χ4n) is 3.60. The van der Waals surface area contributed by atoms with E-state index in [1.165, 1.54) is 48.6 Å². The van der Waals surface area contributed by atoms with Gasteiger partial charge in [0.25, 0.3) is 0 Å². The predicted octanol–water partition coefficient (Wildman–Crippen LogP) is 4.61. The second-order valence-electron chi connectivity index (χ2n) is 6.00. The normalized spacial score (nSPS) is 19.8. The molecular weight excluding hydrogens is 258 g/mol. The van der Waals surface area contributed by atoms with Crippen LogP contribution in [0.25, 0.3) is 10.8 Å². The number of fused-ring (bicyclic) bond motifs is 1. The summed E-state index contributed by atoms with van der Waals surface area (Å²) in [6.07, 6.45) is 5.33. The van der Waals surface area contributed by atoms with Gasteiger partial charge in [0.1, 0.15) is 5.75 Å². The van der Waals surface area contributed by atoms with E-state index >= 15 is 0 Å². The summed E-state index contributed by atoms with van der Waals surface area (Å²) in [6, 6.07) is 13.7. The minimum Gasteiger partial charge on any atom is -0.496 e. The van der Waals surface area contributed by atoms with E-state index in [1.54, 1.807) is 7.11 Å². The maximum absolute atomic E-state index is 5.50. The first-order valence-corrected chi connectivity index (χ1v) is 8.12. The Hall–Kier alpha value is -1.54. The highest BCUT2D eigenvalue weighted by molar-refractivity contribution is 5.91. The Kier molecular flexibility index (Phi) is 4.45. The molecule has 0 unspecified atom stereocenters. The molecule has 0 N–H and O–H groups in total. The van der Waals surface area contributed by atoms with Crippen molar-refractivity contribution in [3.8, 4) is 5.75 Å². The molecule has 2 nitrogen and oxygen atoms in total. The molecule has 2 aromatic rings. The first kappa shape index (κ1) is 14.4. The molecule has 2 aromatic carbocycles. The van der Waals surface area contributed by atoms with Crippen LogP contribution in [0.4, 0.5) is 0 Å².